The van der Waals surface area contributed by atoms with Gasteiger partial charge in [0.25, 0.3) is 5.91 Å². The number of para-hydroxylation sites is 1. The molecule has 1 saturated heterocycles. The third-order valence-electron chi connectivity index (χ3n) is 4.32. The summed E-state index contributed by atoms with van der Waals surface area (Å²) in [5.41, 5.74) is 0.945. The van der Waals surface area contributed by atoms with Gasteiger partial charge in [-0.05, 0) is 18.2 Å². The van der Waals surface area contributed by atoms with Crippen LogP contribution in [0, 0.1) is 5.82 Å². The van der Waals surface area contributed by atoms with E-state index in [2.05, 4.69) is 5.32 Å². The van der Waals surface area contributed by atoms with Crippen LogP contribution in [0.2, 0.25) is 5.02 Å². The summed E-state index contributed by atoms with van der Waals surface area (Å²) >= 11 is 5.74. The number of ether oxygens (including phenoxy) is 2. The molecular weight excluding hydrogens is 359 g/mol. The summed E-state index contributed by atoms with van der Waals surface area (Å²) in [4.78, 5) is 14.5. The maximum Gasteiger partial charge on any atom is 0.261 e. The number of carbonyl (C=O) groups is 1. The van der Waals surface area contributed by atoms with Gasteiger partial charge in [0.15, 0.2) is 6.61 Å². The minimum atomic E-state index is -0.524. The number of nitrogens with zero attached hydrogens (tertiary/aromatic N) is 1. The zero-order valence-corrected chi connectivity index (χ0v) is 15.1. The molecule has 0 bridgehead atoms. The summed E-state index contributed by atoms with van der Waals surface area (Å²) in [7, 11) is 1.61. The van der Waals surface area contributed by atoms with Gasteiger partial charge in [-0.25, -0.2) is 4.39 Å². The SMILES string of the molecule is COc1ccccc1C1CNCCN1C(=O)COc1ccc(F)c(Cl)c1. The summed E-state index contributed by atoms with van der Waals surface area (Å²) in [6.07, 6.45) is 0. The highest BCUT2D eigenvalue weighted by Gasteiger charge is 2.29. The molecule has 2 aromatic carbocycles. The largest absolute Gasteiger partial charge is 0.496 e. The molecule has 0 saturated carbocycles. The lowest BCUT2D eigenvalue weighted by molar-refractivity contribution is -0.136. The summed E-state index contributed by atoms with van der Waals surface area (Å²) in [6, 6.07) is 11.5. The van der Waals surface area contributed by atoms with Crippen LogP contribution in [0.5, 0.6) is 11.5 Å². The van der Waals surface area contributed by atoms with Crippen LogP contribution in [-0.4, -0.2) is 44.2 Å². The Hall–Kier alpha value is -2.31. The maximum absolute atomic E-state index is 13.2. The molecule has 1 N–H and O–H groups in total. The molecule has 1 fully saturated rings. The van der Waals surface area contributed by atoms with Gasteiger partial charge < -0.3 is 19.7 Å². The van der Waals surface area contributed by atoms with Crippen LogP contribution in [0.3, 0.4) is 0 Å². The van der Waals surface area contributed by atoms with E-state index in [9.17, 15) is 9.18 Å². The van der Waals surface area contributed by atoms with Crippen molar-refractivity contribution in [3.8, 4) is 11.5 Å². The fraction of sp³-hybridized carbons (Fsp3) is 0.316. The minimum absolute atomic E-state index is 0.0379. The van der Waals surface area contributed by atoms with E-state index in [0.29, 0.717) is 25.4 Å². The van der Waals surface area contributed by atoms with Crippen molar-refractivity contribution in [2.75, 3.05) is 33.4 Å². The van der Waals surface area contributed by atoms with E-state index in [1.54, 1.807) is 12.0 Å². The molecule has 2 aromatic rings. The Bertz CT molecular complexity index is 787. The highest BCUT2D eigenvalue weighted by atomic mass is 35.5. The first-order chi connectivity index (χ1) is 12.6. The Morgan fingerprint density at radius 2 is 2.15 bits per heavy atom. The first-order valence-electron chi connectivity index (χ1n) is 8.31. The van der Waals surface area contributed by atoms with Gasteiger partial charge in [0.1, 0.15) is 17.3 Å². The first kappa shape index (κ1) is 18.5. The average molecular weight is 379 g/mol. The van der Waals surface area contributed by atoms with Gasteiger partial charge in [0.2, 0.25) is 0 Å². The number of benzene rings is 2. The highest BCUT2D eigenvalue weighted by molar-refractivity contribution is 6.30. The van der Waals surface area contributed by atoms with Crippen molar-refractivity contribution in [3.05, 3.63) is 58.9 Å². The monoisotopic (exact) mass is 378 g/mol. The van der Waals surface area contributed by atoms with Crippen LogP contribution in [0.1, 0.15) is 11.6 Å². The Balaban J connectivity index is 1.72. The van der Waals surface area contributed by atoms with Crippen molar-refractivity contribution in [2.45, 2.75) is 6.04 Å². The van der Waals surface area contributed by atoms with Gasteiger partial charge in [0, 0.05) is 31.3 Å². The molecule has 0 aromatic heterocycles. The molecule has 1 amide bonds. The Labute approximate surface area is 156 Å². The van der Waals surface area contributed by atoms with Crippen LogP contribution in [-0.2, 0) is 4.79 Å². The molecule has 1 aliphatic rings. The fourth-order valence-electron chi connectivity index (χ4n) is 3.02. The van der Waals surface area contributed by atoms with Crippen LogP contribution in [0.25, 0.3) is 0 Å². The summed E-state index contributed by atoms with van der Waals surface area (Å²) in [5.74, 6) is 0.422. The van der Waals surface area contributed by atoms with Crippen molar-refractivity contribution in [3.63, 3.8) is 0 Å². The standard InChI is InChI=1S/C19H20ClFN2O3/c1-25-18-5-3-2-4-14(18)17-11-22-8-9-23(17)19(24)12-26-13-6-7-16(21)15(20)10-13/h2-7,10,17,22H,8-9,11-12H2,1H3. The van der Waals surface area contributed by atoms with Crippen LogP contribution in [0.15, 0.2) is 42.5 Å². The van der Waals surface area contributed by atoms with E-state index < -0.39 is 5.82 Å². The smallest absolute Gasteiger partial charge is 0.261 e. The van der Waals surface area contributed by atoms with Crippen molar-refractivity contribution in [2.24, 2.45) is 0 Å². The fourth-order valence-corrected chi connectivity index (χ4v) is 3.19. The quantitative estimate of drug-likeness (QED) is 0.868. The minimum Gasteiger partial charge on any atom is -0.496 e. The molecule has 1 aliphatic heterocycles. The van der Waals surface area contributed by atoms with Crippen molar-refractivity contribution in [1.82, 2.24) is 10.2 Å². The summed E-state index contributed by atoms with van der Waals surface area (Å²) in [6.45, 7) is 1.76. The van der Waals surface area contributed by atoms with Crippen molar-refractivity contribution < 1.29 is 18.7 Å². The number of carbonyl (C=O) groups excluding carboxylic acids is 1. The van der Waals surface area contributed by atoms with E-state index in [0.717, 1.165) is 11.3 Å². The number of rotatable bonds is 5. The van der Waals surface area contributed by atoms with Crippen molar-refractivity contribution in [1.29, 1.82) is 0 Å². The second-order valence-electron chi connectivity index (χ2n) is 5.91. The predicted octanol–water partition coefficient (Wildman–Crippen LogP) is 3.04. The predicted molar refractivity (Wildman–Crippen MR) is 97.2 cm³/mol. The van der Waals surface area contributed by atoms with Gasteiger partial charge in [0.05, 0.1) is 18.2 Å². The van der Waals surface area contributed by atoms with E-state index in [1.807, 2.05) is 24.3 Å². The average Bonchev–Trinajstić information content (AvgIpc) is 2.68. The molecular formula is C19H20ClFN2O3. The Morgan fingerprint density at radius 3 is 2.92 bits per heavy atom. The molecule has 0 spiro atoms. The molecule has 1 unspecified atom stereocenters. The van der Waals surface area contributed by atoms with Gasteiger partial charge in [-0.15, -0.1) is 0 Å². The zero-order valence-electron chi connectivity index (χ0n) is 14.4. The molecule has 7 heteroatoms. The number of hydrogen-bond donors (Lipinski definition) is 1. The molecule has 5 nitrogen and oxygen atoms in total. The number of piperazine rings is 1. The molecule has 3 rings (SSSR count). The lowest BCUT2D eigenvalue weighted by Crippen LogP contribution is -2.50. The van der Waals surface area contributed by atoms with Crippen LogP contribution in [0.4, 0.5) is 4.39 Å². The number of methoxy groups -OCH3 is 1. The van der Waals surface area contributed by atoms with E-state index in [4.69, 9.17) is 21.1 Å². The Morgan fingerprint density at radius 1 is 1.35 bits per heavy atom. The number of amides is 1. The molecule has 1 heterocycles. The van der Waals surface area contributed by atoms with E-state index in [-0.39, 0.29) is 23.6 Å². The van der Waals surface area contributed by atoms with E-state index in [1.165, 1.54) is 18.2 Å². The number of halogens is 2. The third kappa shape index (κ3) is 4.08. The van der Waals surface area contributed by atoms with E-state index >= 15 is 0 Å². The summed E-state index contributed by atoms with van der Waals surface area (Å²) < 4.78 is 24.2. The molecule has 0 aliphatic carbocycles. The number of hydrogen-bond acceptors (Lipinski definition) is 4. The first-order valence-corrected chi connectivity index (χ1v) is 8.69. The highest BCUT2D eigenvalue weighted by Crippen LogP contribution is 2.30. The second-order valence-corrected chi connectivity index (χ2v) is 6.32. The zero-order chi connectivity index (χ0) is 18.5. The molecule has 1 atom stereocenters. The summed E-state index contributed by atoms with van der Waals surface area (Å²) in [5, 5.41) is 3.27. The van der Waals surface area contributed by atoms with Gasteiger partial charge >= 0.3 is 0 Å². The van der Waals surface area contributed by atoms with Gasteiger partial charge in [-0.1, -0.05) is 29.8 Å². The van der Waals surface area contributed by atoms with Gasteiger partial charge in [-0.3, -0.25) is 4.79 Å². The Kier molecular flexibility index (Phi) is 5.96. The lowest BCUT2D eigenvalue weighted by atomic mass is 10.0. The van der Waals surface area contributed by atoms with Crippen molar-refractivity contribution >= 4 is 17.5 Å². The molecule has 0 radical (unpaired) electrons. The normalized spacial score (nSPS) is 17.0. The van der Waals surface area contributed by atoms with Gasteiger partial charge in [-0.2, -0.15) is 0 Å². The van der Waals surface area contributed by atoms with Crippen LogP contribution < -0.4 is 14.8 Å². The lowest BCUT2D eigenvalue weighted by Gasteiger charge is -2.37. The van der Waals surface area contributed by atoms with Crippen LogP contribution >= 0.6 is 11.6 Å². The molecule has 26 heavy (non-hydrogen) atoms. The molecule has 138 valence electrons. The maximum atomic E-state index is 13.2. The third-order valence-corrected chi connectivity index (χ3v) is 4.60. The second kappa shape index (κ2) is 8.38. The topological polar surface area (TPSA) is 50.8 Å². The number of nitrogens with one attached hydrogen (secondary N) is 1.